The van der Waals surface area contributed by atoms with Gasteiger partial charge in [-0.3, -0.25) is 9.98 Å². The molecule has 1 unspecified atom stereocenters. The van der Waals surface area contributed by atoms with E-state index in [9.17, 15) is 0 Å². The van der Waals surface area contributed by atoms with Crippen molar-refractivity contribution in [3.63, 3.8) is 0 Å². The lowest BCUT2D eigenvalue weighted by molar-refractivity contribution is 0.717. The van der Waals surface area contributed by atoms with Gasteiger partial charge in [-0.15, -0.1) is 0 Å². The lowest BCUT2D eigenvalue weighted by Gasteiger charge is -2.12. The Labute approximate surface area is 202 Å². The van der Waals surface area contributed by atoms with Gasteiger partial charge in [0.05, 0.1) is 23.1 Å². The van der Waals surface area contributed by atoms with Gasteiger partial charge in [0.25, 0.3) is 0 Å². The van der Waals surface area contributed by atoms with Gasteiger partial charge >= 0.3 is 0 Å². The second-order valence-corrected chi connectivity index (χ2v) is 8.75. The van der Waals surface area contributed by atoms with Gasteiger partial charge in [0.2, 0.25) is 0 Å². The molecule has 0 fully saturated rings. The maximum Gasteiger partial charge on any atom is 0.0750 e. The van der Waals surface area contributed by atoms with Crippen molar-refractivity contribution in [2.45, 2.75) is 53.1 Å². The van der Waals surface area contributed by atoms with Gasteiger partial charge in [-0.2, -0.15) is 5.10 Å². The SMILES string of the molecule is C=C(/C=C\C=C(/C)n1ncc2c(C(C)=NC(C)CC)cc(-c3cccc([C@H](C)N)n3)cc21)CN. The normalized spacial score (nSPS) is 14.7. The van der Waals surface area contributed by atoms with E-state index in [0.29, 0.717) is 6.54 Å². The fourth-order valence-corrected chi connectivity index (χ4v) is 3.67. The number of aliphatic imine (C=N–C) groups is 1. The van der Waals surface area contributed by atoms with E-state index in [2.05, 4.69) is 39.5 Å². The first kappa shape index (κ1) is 25.3. The van der Waals surface area contributed by atoms with E-state index in [1.165, 1.54) is 0 Å². The summed E-state index contributed by atoms with van der Waals surface area (Å²) in [6.45, 7) is 14.7. The van der Waals surface area contributed by atoms with E-state index in [0.717, 1.165) is 56.8 Å². The number of fused-ring (bicyclic) bond motifs is 1. The number of pyridine rings is 1. The zero-order valence-electron chi connectivity index (χ0n) is 20.9. The van der Waals surface area contributed by atoms with Crippen LogP contribution in [0.4, 0.5) is 0 Å². The molecular weight excluding hydrogens is 420 g/mol. The second-order valence-electron chi connectivity index (χ2n) is 8.75. The molecule has 0 amide bonds. The molecule has 3 rings (SSSR count). The van der Waals surface area contributed by atoms with Crippen LogP contribution in [0.5, 0.6) is 0 Å². The van der Waals surface area contributed by atoms with Crippen molar-refractivity contribution in [3.05, 3.63) is 78.2 Å². The maximum absolute atomic E-state index is 6.10. The molecule has 2 aromatic heterocycles. The predicted octanol–water partition coefficient (Wildman–Crippen LogP) is 5.66. The van der Waals surface area contributed by atoms with Crippen molar-refractivity contribution >= 4 is 22.3 Å². The molecule has 2 atom stereocenters. The Morgan fingerprint density at radius 1 is 1.24 bits per heavy atom. The highest BCUT2D eigenvalue weighted by atomic mass is 15.3. The average molecular weight is 457 g/mol. The van der Waals surface area contributed by atoms with Gasteiger partial charge in [-0.05, 0) is 70.0 Å². The summed E-state index contributed by atoms with van der Waals surface area (Å²) in [5.41, 5.74) is 19.4. The van der Waals surface area contributed by atoms with Crippen LogP contribution >= 0.6 is 0 Å². The number of aromatic nitrogens is 3. The van der Waals surface area contributed by atoms with E-state index in [-0.39, 0.29) is 12.1 Å². The average Bonchev–Trinajstić information content (AvgIpc) is 3.27. The first-order chi connectivity index (χ1) is 16.2. The minimum absolute atomic E-state index is 0.136. The van der Waals surface area contributed by atoms with Gasteiger partial charge in [0.1, 0.15) is 0 Å². The standard InChI is InChI=1S/C28H36N6/c1-7-19(3)32-22(6)24-14-23(27-13-9-12-26(33-27)21(5)30)15-28-25(24)17-31-34(28)20(4)11-8-10-18(2)16-29/h8-15,17,19,21H,2,7,16,29-30H2,1,3-6H3/b10-8-,20-11+,32-22?/t19?,21-/m0/s1. The van der Waals surface area contributed by atoms with Crippen LogP contribution < -0.4 is 11.5 Å². The molecule has 0 radical (unpaired) electrons. The van der Waals surface area contributed by atoms with E-state index < -0.39 is 0 Å². The van der Waals surface area contributed by atoms with Crippen molar-refractivity contribution in [3.8, 4) is 11.3 Å². The van der Waals surface area contributed by atoms with Crippen molar-refractivity contribution in [1.82, 2.24) is 14.8 Å². The summed E-state index contributed by atoms with van der Waals surface area (Å²) >= 11 is 0. The number of benzene rings is 1. The molecule has 1 aromatic carbocycles. The summed E-state index contributed by atoms with van der Waals surface area (Å²) in [4.78, 5) is 9.74. The van der Waals surface area contributed by atoms with Crippen LogP contribution in [-0.2, 0) is 0 Å². The smallest absolute Gasteiger partial charge is 0.0750 e. The first-order valence-corrected chi connectivity index (χ1v) is 11.8. The molecule has 34 heavy (non-hydrogen) atoms. The summed E-state index contributed by atoms with van der Waals surface area (Å²) in [6.07, 6.45) is 8.77. The highest BCUT2D eigenvalue weighted by Gasteiger charge is 2.15. The van der Waals surface area contributed by atoms with E-state index in [1.54, 1.807) is 0 Å². The Hall–Kier alpha value is -3.35. The molecule has 0 spiro atoms. The van der Waals surface area contributed by atoms with Gasteiger partial charge in [-0.1, -0.05) is 31.7 Å². The van der Waals surface area contributed by atoms with Crippen LogP contribution in [0.2, 0.25) is 0 Å². The highest BCUT2D eigenvalue weighted by Crippen LogP contribution is 2.30. The van der Waals surface area contributed by atoms with Gasteiger partial charge in [-0.25, -0.2) is 4.68 Å². The molecule has 0 aliphatic rings. The zero-order chi connectivity index (χ0) is 24.8. The van der Waals surface area contributed by atoms with Crippen molar-refractivity contribution in [2.24, 2.45) is 16.5 Å². The lowest BCUT2D eigenvalue weighted by atomic mass is 10.00. The summed E-state index contributed by atoms with van der Waals surface area (Å²) in [5.74, 6) is 0. The Morgan fingerprint density at radius 3 is 2.68 bits per heavy atom. The quantitative estimate of drug-likeness (QED) is 0.321. The van der Waals surface area contributed by atoms with Gasteiger partial charge in [0.15, 0.2) is 0 Å². The van der Waals surface area contributed by atoms with Crippen molar-refractivity contribution in [2.75, 3.05) is 6.54 Å². The third kappa shape index (κ3) is 5.76. The summed E-state index contributed by atoms with van der Waals surface area (Å²) < 4.78 is 1.95. The van der Waals surface area contributed by atoms with Crippen LogP contribution in [0.3, 0.4) is 0 Å². The predicted molar refractivity (Wildman–Crippen MR) is 145 cm³/mol. The summed E-state index contributed by atoms with van der Waals surface area (Å²) in [6, 6.07) is 10.4. The minimum Gasteiger partial charge on any atom is -0.327 e. The van der Waals surface area contributed by atoms with Gasteiger partial charge < -0.3 is 11.5 Å². The number of hydrogen-bond acceptors (Lipinski definition) is 5. The molecule has 3 aromatic rings. The van der Waals surface area contributed by atoms with E-state index >= 15 is 0 Å². The number of allylic oxidation sites excluding steroid dienone is 3. The third-order valence-electron chi connectivity index (χ3n) is 5.88. The van der Waals surface area contributed by atoms with E-state index in [4.69, 9.17) is 26.5 Å². The monoisotopic (exact) mass is 456 g/mol. The molecule has 0 saturated carbocycles. The summed E-state index contributed by atoms with van der Waals surface area (Å²) in [5, 5.41) is 5.76. The molecule has 0 saturated heterocycles. The van der Waals surface area contributed by atoms with Crippen molar-refractivity contribution < 1.29 is 0 Å². The largest absolute Gasteiger partial charge is 0.327 e. The molecule has 0 bridgehead atoms. The van der Waals surface area contributed by atoms with Crippen LogP contribution in [0.15, 0.2) is 71.9 Å². The molecule has 6 heteroatoms. The first-order valence-electron chi connectivity index (χ1n) is 11.8. The zero-order valence-corrected chi connectivity index (χ0v) is 20.9. The molecular formula is C28H36N6. The number of nitrogens with zero attached hydrogens (tertiary/aromatic N) is 4. The Balaban J connectivity index is 2.22. The molecule has 2 heterocycles. The molecule has 6 nitrogen and oxygen atoms in total. The van der Waals surface area contributed by atoms with Crippen LogP contribution in [0.1, 0.15) is 58.3 Å². The Morgan fingerprint density at radius 2 is 2.00 bits per heavy atom. The summed E-state index contributed by atoms with van der Waals surface area (Å²) in [7, 11) is 0. The van der Waals surface area contributed by atoms with Crippen molar-refractivity contribution in [1.29, 1.82) is 0 Å². The lowest BCUT2D eigenvalue weighted by Crippen LogP contribution is -2.08. The number of nitrogens with two attached hydrogens (primary N) is 2. The van der Waals surface area contributed by atoms with Crippen LogP contribution in [-0.4, -0.2) is 33.1 Å². The molecule has 0 aliphatic carbocycles. The van der Waals surface area contributed by atoms with Crippen LogP contribution in [0.25, 0.3) is 27.9 Å². The third-order valence-corrected chi connectivity index (χ3v) is 5.88. The fourth-order valence-electron chi connectivity index (χ4n) is 3.67. The second kappa shape index (κ2) is 11.2. The molecule has 0 aliphatic heterocycles. The number of rotatable bonds is 9. The Bertz CT molecular complexity index is 1260. The topological polar surface area (TPSA) is 95.1 Å². The van der Waals surface area contributed by atoms with Gasteiger partial charge in [0, 0.05) is 46.6 Å². The van der Waals surface area contributed by atoms with E-state index in [1.807, 2.05) is 61.2 Å². The molecule has 178 valence electrons. The molecule has 4 N–H and O–H groups in total. The van der Waals surface area contributed by atoms with Crippen LogP contribution in [0, 0.1) is 0 Å². The fraction of sp³-hybridized carbons (Fsp3) is 0.321. The maximum atomic E-state index is 6.10. The Kier molecular flexibility index (Phi) is 8.31. The minimum atomic E-state index is -0.136. The number of hydrogen-bond donors (Lipinski definition) is 2. The highest BCUT2D eigenvalue weighted by molar-refractivity contribution is 6.10.